The van der Waals surface area contributed by atoms with Crippen molar-refractivity contribution in [3.8, 4) is 5.69 Å². The highest BCUT2D eigenvalue weighted by atomic mass is 16.1. The zero-order valence-electron chi connectivity index (χ0n) is 11.9. The number of hydrogen-bond acceptors (Lipinski definition) is 4. The molecule has 108 valence electrons. The number of anilines is 1. The van der Waals surface area contributed by atoms with Gasteiger partial charge in [0.25, 0.3) is 0 Å². The SMILES string of the molecule is Cc1ccc(NC(=O)C2CC=CCC2)cc1-n1cnnn1. The van der Waals surface area contributed by atoms with Gasteiger partial charge in [0.15, 0.2) is 0 Å². The number of aryl methyl sites for hydroxylation is 1. The second-order valence-electron chi connectivity index (χ2n) is 5.23. The van der Waals surface area contributed by atoms with E-state index < -0.39 is 0 Å². The fourth-order valence-electron chi connectivity index (χ4n) is 2.48. The molecule has 1 aliphatic carbocycles. The molecule has 0 spiro atoms. The molecule has 0 fully saturated rings. The van der Waals surface area contributed by atoms with Crippen LogP contribution in [0, 0.1) is 12.8 Å². The zero-order valence-corrected chi connectivity index (χ0v) is 11.9. The summed E-state index contributed by atoms with van der Waals surface area (Å²) in [6.07, 6.45) is 8.45. The van der Waals surface area contributed by atoms with Crippen molar-refractivity contribution in [1.29, 1.82) is 0 Å². The van der Waals surface area contributed by atoms with Gasteiger partial charge in [-0.15, -0.1) is 5.10 Å². The number of hydrogen-bond donors (Lipinski definition) is 1. The van der Waals surface area contributed by atoms with Gasteiger partial charge in [-0.3, -0.25) is 4.79 Å². The lowest BCUT2D eigenvalue weighted by Crippen LogP contribution is -2.23. The maximum Gasteiger partial charge on any atom is 0.227 e. The van der Waals surface area contributed by atoms with E-state index in [-0.39, 0.29) is 11.8 Å². The van der Waals surface area contributed by atoms with Crippen LogP contribution in [-0.4, -0.2) is 26.1 Å². The van der Waals surface area contributed by atoms with Crippen LogP contribution < -0.4 is 5.32 Å². The highest BCUT2D eigenvalue weighted by Gasteiger charge is 2.19. The molecule has 0 radical (unpaired) electrons. The van der Waals surface area contributed by atoms with Crippen molar-refractivity contribution in [2.45, 2.75) is 26.2 Å². The average Bonchev–Trinajstić information content (AvgIpc) is 3.04. The lowest BCUT2D eigenvalue weighted by Gasteiger charge is -2.17. The van der Waals surface area contributed by atoms with Crippen molar-refractivity contribution in [3.63, 3.8) is 0 Å². The quantitative estimate of drug-likeness (QED) is 0.877. The number of carbonyl (C=O) groups excluding carboxylic acids is 1. The Morgan fingerprint density at radius 3 is 3.00 bits per heavy atom. The topological polar surface area (TPSA) is 72.7 Å². The number of tetrazole rings is 1. The number of nitrogens with zero attached hydrogens (tertiary/aromatic N) is 4. The monoisotopic (exact) mass is 283 g/mol. The van der Waals surface area contributed by atoms with Crippen LogP contribution in [0.15, 0.2) is 36.7 Å². The lowest BCUT2D eigenvalue weighted by atomic mass is 9.93. The highest BCUT2D eigenvalue weighted by molar-refractivity contribution is 5.93. The van der Waals surface area contributed by atoms with E-state index in [0.29, 0.717) is 0 Å². The van der Waals surface area contributed by atoms with E-state index >= 15 is 0 Å². The summed E-state index contributed by atoms with van der Waals surface area (Å²) in [4.78, 5) is 12.3. The third-order valence-electron chi connectivity index (χ3n) is 3.71. The maximum absolute atomic E-state index is 12.3. The Hall–Kier alpha value is -2.50. The number of rotatable bonds is 3. The lowest BCUT2D eigenvalue weighted by molar-refractivity contribution is -0.120. The van der Waals surface area contributed by atoms with Crippen LogP contribution in [0.3, 0.4) is 0 Å². The summed E-state index contributed by atoms with van der Waals surface area (Å²) in [6, 6.07) is 5.75. The molecule has 1 N–H and O–H groups in total. The largest absolute Gasteiger partial charge is 0.326 e. The molecular formula is C15H17N5O. The van der Waals surface area contributed by atoms with Gasteiger partial charge in [0, 0.05) is 11.6 Å². The summed E-state index contributed by atoms with van der Waals surface area (Å²) in [7, 11) is 0. The molecular weight excluding hydrogens is 266 g/mol. The standard InChI is InChI=1S/C15H17N5O/c1-11-7-8-13(9-14(11)20-10-16-18-19-20)17-15(21)12-5-3-2-4-6-12/h2-3,7-10,12H,4-6H2,1H3,(H,17,21). The molecule has 0 saturated carbocycles. The molecule has 1 atom stereocenters. The molecule has 1 aromatic carbocycles. The Balaban J connectivity index is 1.78. The van der Waals surface area contributed by atoms with Crippen LogP contribution in [0.1, 0.15) is 24.8 Å². The summed E-state index contributed by atoms with van der Waals surface area (Å²) in [5.41, 5.74) is 2.67. The fraction of sp³-hybridized carbons (Fsp3) is 0.333. The first kappa shape index (κ1) is 13.5. The van der Waals surface area contributed by atoms with E-state index in [1.165, 1.54) is 0 Å². The minimum absolute atomic E-state index is 0.0628. The van der Waals surface area contributed by atoms with Crippen molar-refractivity contribution in [2.75, 3.05) is 5.32 Å². The van der Waals surface area contributed by atoms with Crippen LogP contribution in [0.2, 0.25) is 0 Å². The summed E-state index contributed by atoms with van der Waals surface area (Å²) in [5.74, 6) is 0.138. The number of nitrogens with one attached hydrogen (secondary N) is 1. The summed E-state index contributed by atoms with van der Waals surface area (Å²) >= 11 is 0. The zero-order chi connectivity index (χ0) is 14.7. The van der Waals surface area contributed by atoms with Crippen LogP contribution in [0.25, 0.3) is 5.69 Å². The fourth-order valence-corrected chi connectivity index (χ4v) is 2.48. The van der Waals surface area contributed by atoms with E-state index in [1.54, 1.807) is 11.0 Å². The molecule has 0 saturated heterocycles. The number of allylic oxidation sites excluding steroid dienone is 2. The Morgan fingerprint density at radius 1 is 1.38 bits per heavy atom. The van der Waals surface area contributed by atoms with Gasteiger partial charge in [0.2, 0.25) is 5.91 Å². The Kier molecular flexibility index (Phi) is 3.77. The average molecular weight is 283 g/mol. The molecule has 1 amide bonds. The molecule has 0 bridgehead atoms. The normalized spacial score (nSPS) is 17.7. The van der Waals surface area contributed by atoms with E-state index in [0.717, 1.165) is 36.2 Å². The third-order valence-corrected chi connectivity index (χ3v) is 3.71. The van der Waals surface area contributed by atoms with Crippen LogP contribution in [-0.2, 0) is 4.79 Å². The predicted molar refractivity (Wildman–Crippen MR) is 79.0 cm³/mol. The van der Waals surface area contributed by atoms with E-state index in [1.807, 2.05) is 25.1 Å². The van der Waals surface area contributed by atoms with Gasteiger partial charge in [-0.05, 0) is 54.3 Å². The third kappa shape index (κ3) is 2.99. The minimum Gasteiger partial charge on any atom is -0.326 e. The van der Waals surface area contributed by atoms with Crippen LogP contribution in [0.4, 0.5) is 5.69 Å². The second-order valence-corrected chi connectivity index (χ2v) is 5.23. The molecule has 6 heteroatoms. The first-order valence-electron chi connectivity index (χ1n) is 7.04. The Morgan fingerprint density at radius 2 is 2.29 bits per heavy atom. The summed E-state index contributed by atoms with van der Waals surface area (Å²) in [5, 5.41) is 14.2. The van der Waals surface area contributed by atoms with Crippen molar-refractivity contribution in [1.82, 2.24) is 20.2 Å². The van der Waals surface area contributed by atoms with Gasteiger partial charge < -0.3 is 5.32 Å². The highest BCUT2D eigenvalue weighted by Crippen LogP contribution is 2.22. The van der Waals surface area contributed by atoms with E-state index in [4.69, 9.17) is 0 Å². The van der Waals surface area contributed by atoms with Gasteiger partial charge in [0.05, 0.1) is 5.69 Å². The van der Waals surface area contributed by atoms with Crippen molar-refractivity contribution in [3.05, 3.63) is 42.2 Å². The Labute approximate surface area is 122 Å². The number of benzene rings is 1. The molecule has 1 unspecified atom stereocenters. The minimum atomic E-state index is 0.0628. The molecule has 3 rings (SSSR count). The van der Waals surface area contributed by atoms with Gasteiger partial charge in [0.1, 0.15) is 6.33 Å². The van der Waals surface area contributed by atoms with Gasteiger partial charge >= 0.3 is 0 Å². The van der Waals surface area contributed by atoms with Gasteiger partial charge in [-0.2, -0.15) is 0 Å². The molecule has 6 nitrogen and oxygen atoms in total. The van der Waals surface area contributed by atoms with Crippen LogP contribution in [0.5, 0.6) is 0 Å². The summed E-state index contributed by atoms with van der Waals surface area (Å²) in [6.45, 7) is 1.98. The first-order chi connectivity index (χ1) is 10.2. The second kappa shape index (κ2) is 5.87. The number of carbonyl (C=O) groups is 1. The van der Waals surface area contributed by atoms with E-state index in [9.17, 15) is 4.79 Å². The van der Waals surface area contributed by atoms with Crippen molar-refractivity contribution >= 4 is 11.6 Å². The molecule has 1 aliphatic rings. The van der Waals surface area contributed by atoms with E-state index in [2.05, 4.69) is 33.0 Å². The molecule has 0 aliphatic heterocycles. The number of amides is 1. The smallest absolute Gasteiger partial charge is 0.227 e. The summed E-state index contributed by atoms with van der Waals surface area (Å²) < 4.78 is 1.59. The predicted octanol–water partition coefficient (Wildman–Crippen LogP) is 2.27. The van der Waals surface area contributed by atoms with Gasteiger partial charge in [-0.1, -0.05) is 18.2 Å². The van der Waals surface area contributed by atoms with Crippen molar-refractivity contribution in [2.24, 2.45) is 5.92 Å². The molecule has 1 aromatic heterocycles. The van der Waals surface area contributed by atoms with Gasteiger partial charge in [-0.25, -0.2) is 4.68 Å². The molecule has 2 aromatic rings. The first-order valence-corrected chi connectivity index (χ1v) is 7.04. The van der Waals surface area contributed by atoms with Crippen LogP contribution >= 0.6 is 0 Å². The Bertz CT molecular complexity index is 663. The molecule has 1 heterocycles. The van der Waals surface area contributed by atoms with Crippen molar-refractivity contribution < 1.29 is 4.79 Å². The number of aromatic nitrogens is 4. The maximum atomic E-state index is 12.3. The molecule has 21 heavy (non-hydrogen) atoms.